The summed E-state index contributed by atoms with van der Waals surface area (Å²) in [5.41, 5.74) is -1.46. The van der Waals surface area contributed by atoms with E-state index in [4.69, 9.17) is 32.4 Å². The van der Waals surface area contributed by atoms with Gasteiger partial charge in [0.25, 0.3) is 0 Å². The molecule has 1 aliphatic heterocycles. The van der Waals surface area contributed by atoms with E-state index < -0.39 is 30.0 Å². The van der Waals surface area contributed by atoms with Crippen molar-refractivity contribution in [2.45, 2.75) is 24.9 Å². The standard InChI is InChI=1S/C11H17ClN6O4/c1-10(4-14)7(20)11(3-12,5-19)22-8(10)17-9(18-21)16-6(15)2-13/h2,7-8,13,19-21H,3,5H2,1H3,(H3,15,16,17,18)/t7-,8+,10+,11+/m0/s1. The molecule has 0 bridgehead atoms. The number of ether oxygens (including phenoxy) is 1. The van der Waals surface area contributed by atoms with Gasteiger partial charge in [-0.3, -0.25) is 10.6 Å². The summed E-state index contributed by atoms with van der Waals surface area (Å²) in [6.45, 7) is 0.735. The smallest absolute Gasteiger partial charge is 0.223 e. The number of rotatable bonds is 4. The van der Waals surface area contributed by atoms with Crippen LogP contribution in [0.2, 0.25) is 0 Å². The molecule has 0 radical (unpaired) electrons. The molecule has 1 fully saturated rings. The first-order valence-electron chi connectivity index (χ1n) is 6.11. The Balaban J connectivity index is 3.19. The van der Waals surface area contributed by atoms with Crippen LogP contribution in [-0.4, -0.2) is 63.8 Å². The van der Waals surface area contributed by atoms with Crippen LogP contribution >= 0.6 is 11.6 Å². The van der Waals surface area contributed by atoms with Gasteiger partial charge in [0.2, 0.25) is 5.96 Å². The number of hydroxylamine groups is 1. The first-order valence-corrected chi connectivity index (χ1v) is 6.65. The predicted octanol–water partition coefficient (Wildman–Crippen LogP) is -1.25. The number of amidine groups is 1. The zero-order chi connectivity index (χ0) is 17.0. The Morgan fingerprint density at radius 3 is 2.68 bits per heavy atom. The van der Waals surface area contributed by atoms with E-state index in [0.717, 1.165) is 0 Å². The SMILES string of the molecule is C[C@]1(C#N)[C@H](N=C(NO)NC(=N)C=N)O[C@@](CO)(CCl)[C@H]1O. The number of aliphatic hydroxyl groups is 2. The highest BCUT2D eigenvalue weighted by Crippen LogP contribution is 2.45. The van der Waals surface area contributed by atoms with E-state index in [-0.39, 0.29) is 17.7 Å². The second-order valence-electron chi connectivity index (χ2n) is 4.90. The van der Waals surface area contributed by atoms with Gasteiger partial charge in [-0.2, -0.15) is 5.26 Å². The number of nitriles is 1. The molecule has 1 saturated heterocycles. The highest BCUT2D eigenvalue weighted by atomic mass is 35.5. The van der Waals surface area contributed by atoms with Crippen LogP contribution in [0, 0.1) is 27.6 Å². The number of alkyl halides is 1. The van der Waals surface area contributed by atoms with E-state index >= 15 is 0 Å². The highest BCUT2D eigenvalue weighted by Gasteiger charge is 2.62. The zero-order valence-electron chi connectivity index (χ0n) is 11.7. The molecule has 0 spiro atoms. The Hall–Kier alpha value is -1.77. The van der Waals surface area contributed by atoms with Crippen molar-refractivity contribution < 1.29 is 20.2 Å². The van der Waals surface area contributed by atoms with E-state index in [1.807, 2.05) is 6.07 Å². The van der Waals surface area contributed by atoms with Crippen molar-refractivity contribution in [3.63, 3.8) is 0 Å². The Labute approximate surface area is 131 Å². The lowest BCUT2D eigenvalue weighted by molar-refractivity contribution is -0.0942. The lowest BCUT2D eigenvalue weighted by Crippen LogP contribution is -2.49. The Morgan fingerprint density at radius 2 is 2.27 bits per heavy atom. The quantitative estimate of drug-likeness (QED) is 0.145. The van der Waals surface area contributed by atoms with Crippen molar-refractivity contribution in [1.82, 2.24) is 10.8 Å². The van der Waals surface area contributed by atoms with Gasteiger partial charge in [-0.25, -0.2) is 10.5 Å². The number of halogens is 1. The third kappa shape index (κ3) is 3.03. The molecule has 11 heteroatoms. The normalized spacial score (nSPS) is 34.8. The van der Waals surface area contributed by atoms with Gasteiger partial charge in [-0.15, -0.1) is 11.6 Å². The van der Waals surface area contributed by atoms with E-state index in [0.29, 0.717) is 6.21 Å². The lowest BCUT2D eigenvalue weighted by atomic mass is 9.79. The van der Waals surface area contributed by atoms with Crippen molar-refractivity contribution in [2.24, 2.45) is 10.4 Å². The summed E-state index contributed by atoms with van der Waals surface area (Å²) in [5.74, 6) is -1.03. The molecule has 0 aromatic rings. The average molecular weight is 333 g/mol. The van der Waals surface area contributed by atoms with Crippen LogP contribution in [0.25, 0.3) is 0 Å². The highest BCUT2D eigenvalue weighted by molar-refractivity contribution is 6.30. The number of hydrogen-bond acceptors (Lipinski definition) is 8. The number of nitrogens with zero attached hydrogens (tertiary/aromatic N) is 2. The fourth-order valence-corrected chi connectivity index (χ4v) is 2.30. The summed E-state index contributed by atoms with van der Waals surface area (Å²) in [4.78, 5) is 3.87. The molecule has 0 amide bonds. The van der Waals surface area contributed by atoms with Crippen LogP contribution in [0.1, 0.15) is 6.92 Å². The molecule has 0 saturated carbocycles. The molecule has 0 unspecified atom stereocenters. The molecule has 1 aliphatic rings. The number of nitrogens with one attached hydrogen (secondary N) is 4. The maximum atomic E-state index is 10.3. The number of hydrogen-bond donors (Lipinski definition) is 7. The summed E-state index contributed by atoms with van der Waals surface area (Å²) < 4.78 is 5.45. The molecular weight excluding hydrogens is 316 g/mol. The Morgan fingerprint density at radius 1 is 1.64 bits per heavy atom. The molecule has 1 heterocycles. The molecule has 1 rings (SSSR count). The summed E-state index contributed by atoms with van der Waals surface area (Å²) in [5, 5.41) is 54.5. The lowest BCUT2D eigenvalue weighted by Gasteiger charge is -2.28. The van der Waals surface area contributed by atoms with Crippen LogP contribution in [0.5, 0.6) is 0 Å². The van der Waals surface area contributed by atoms with Gasteiger partial charge in [-0.05, 0) is 6.92 Å². The second-order valence-corrected chi connectivity index (χ2v) is 5.16. The summed E-state index contributed by atoms with van der Waals surface area (Å²) in [6, 6.07) is 1.87. The Bertz CT molecular complexity index is 517. The largest absolute Gasteiger partial charge is 0.393 e. The number of aliphatic imine (C=N–C) groups is 1. The topological polar surface area (TPSA) is 178 Å². The number of aliphatic hydroxyl groups excluding tert-OH is 2. The third-order valence-electron chi connectivity index (χ3n) is 3.41. The van der Waals surface area contributed by atoms with E-state index in [2.05, 4.69) is 10.3 Å². The fourth-order valence-electron chi connectivity index (χ4n) is 2.01. The summed E-state index contributed by atoms with van der Waals surface area (Å²) >= 11 is 5.74. The second kappa shape index (κ2) is 6.99. The fraction of sp³-hybridized carbons (Fsp3) is 0.636. The summed E-state index contributed by atoms with van der Waals surface area (Å²) in [6.07, 6.45) is -2.04. The summed E-state index contributed by atoms with van der Waals surface area (Å²) in [7, 11) is 0. The molecule has 4 atom stereocenters. The zero-order valence-corrected chi connectivity index (χ0v) is 12.4. The van der Waals surface area contributed by atoms with Crippen molar-refractivity contribution in [3.05, 3.63) is 0 Å². The van der Waals surface area contributed by atoms with Crippen LogP contribution < -0.4 is 10.8 Å². The van der Waals surface area contributed by atoms with Crippen LogP contribution in [0.15, 0.2) is 4.99 Å². The van der Waals surface area contributed by atoms with Gasteiger partial charge in [0.1, 0.15) is 23.0 Å². The van der Waals surface area contributed by atoms with Crippen LogP contribution in [-0.2, 0) is 4.74 Å². The minimum Gasteiger partial charge on any atom is -0.393 e. The van der Waals surface area contributed by atoms with E-state index in [9.17, 15) is 15.5 Å². The molecule has 122 valence electrons. The van der Waals surface area contributed by atoms with Crippen molar-refractivity contribution >= 4 is 29.6 Å². The van der Waals surface area contributed by atoms with Gasteiger partial charge in [0.05, 0.1) is 24.8 Å². The molecule has 0 aliphatic carbocycles. The van der Waals surface area contributed by atoms with Gasteiger partial charge in [-0.1, -0.05) is 0 Å². The molecule has 10 nitrogen and oxygen atoms in total. The van der Waals surface area contributed by atoms with Crippen molar-refractivity contribution in [1.29, 1.82) is 16.1 Å². The minimum atomic E-state index is -1.57. The van der Waals surface area contributed by atoms with Gasteiger partial charge in [0, 0.05) is 0 Å². The van der Waals surface area contributed by atoms with E-state index in [1.165, 1.54) is 6.92 Å². The number of guanidine groups is 1. The van der Waals surface area contributed by atoms with E-state index in [1.54, 1.807) is 5.48 Å². The first kappa shape index (κ1) is 18.3. The van der Waals surface area contributed by atoms with Crippen molar-refractivity contribution in [3.8, 4) is 6.07 Å². The van der Waals surface area contributed by atoms with Gasteiger partial charge in [0.15, 0.2) is 6.23 Å². The first-order chi connectivity index (χ1) is 10.3. The predicted molar refractivity (Wildman–Crippen MR) is 77.1 cm³/mol. The molecule has 7 N–H and O–H groups in total. The maximum absolute atomic E-state index is 10.3. The van der Waals surface area contributed by atoms with Crippen LogP contribution in [0.3, 0.4) is 0 Å². The monoisotopic (exact) mass is 332 g/mol. The Kier molecular flexibility index (Phi) is 5.81. The van der Waals surface area contributed by atoms with Gasteiger partial charge < -0.3 is 25.7 Å². The van der Waals surface area contributed by atoms with Gasteiger partial charge >= 0.3 is 0 Å². The average Bonchev–Trinajstić information content (AvgIpc) is 2.76. The minimum absolute atomic E-state index is 0.278. The molecule has 0 aromatic carbocycles. The molecule has 0 aromatic heterocycles. The molecule has 22 heavy (non-hydrogen) atoms. The van der Waals surface area contributed by atoms with Crippen LogP contribution in [0.4, 0.5) is 0 Å². The van der Waals surface area contributed by atoms with Crippen molar-refractivity contribution in [2.75, 3.05) is 12.5 Å². The maximum Gasteiger partial charge on any atom is 0.223 e. The third-order valence-corrected chi connectivity index (χ3v) is 3.86. The molecular formula is C11H17ClN6O4.